The molecule has 3 N–H and O–H groups in total. The molecular formula is C13H27Cl2N3O2. The van der Waals surface area contributed by atoms with E-state index in [1.807, 2.05) is 0 Å². The quantitative estimate of drug-likeness (QED) is 0.733. The van der Waals surface area contributed by atoms with Gasteiger partial charge in [0, 0.05) is 31.6 Å². The summed E-state index contributed by atoms with van der Waals surface area (Å²) < 4.78 is 5.30. The van der Waals surface area contributed by atoms with Crippen molar-refractivity contribution in [2.45, 2.75) is 31.7 Å². The third kappa shape index (κ3) is 6.59. The first-order chi connectivity index (χ1) is 8.75. The number of hydrogen-bond donors (Lipinski definition) is 2. The van der Waals surface area contributed by atoms with Crippen molar-refractivity contribution in [2.75, 3.05) is 39.4 Å². The lowest BCUT2D eigenvalue weighted by molar-refractivity contribution is -0.124. The van der Waals surface area contributed by atoms with Gasteiger partial charge < -0.3 is 15.8 Å². The summed E-state index contributed by atoms with van der Waals surface area (Å²) in [6.07, 6.45) is 3.82. The van der Waals surface area contributed by atoms with E-state index in [0.717, 1.165) is 65.1 Å². The largest absolute Gasteiger partial charge is 0.379 e. The van der Waals surface area contributed by atoms with Gasteiger partial charge in [0.15, 0.2) is 0 Å². The number of halogens is 2. The maximum absolute atomic E-state index is 11.8. The van der Waals surface area contributed by atoms with Gasteiger partial charge in [0.2, 0.25) is 5.91 Å². The zero-order chi connectivity index (χ0) is 12.8. The highest BCUT2D eigenvalue weighted by Crippen LogP contribution is 2.23. The number of carbonyl (C=O) groups is 1. The van der Waals surface area contributed by atoms with Crippen LogP contribution in [0, 0.1) is 5.92 Å². The number of ether oxygens (including phenoxy) is 1. The summed E-state index contributed by atoms with van der Waals surface area (Å²) in [5.74, 6) is 0.355. The Morgan fingerprint density at radius 1 is 1.25 bits per heavy atom. The van der Waals surface area contributed by atoms with Crippen molar-refractivity contribution in [3.05, 3.63) is 0 Å². The first kappa shape index (κ1) is 19.9. The van der Waals surface area contributed by atoms with Crippen LogP contribution < -0.4 is 11.1 Å². The molecule has 20 heavy (non-hydrogen) atoms. The van der Waals surface area contributed by atoms with E-state index in [1.54, 1.807) is 0 Å². The van der Waals surface area contributed by atoms with Crippen LogP contribution in [0.5, 0.6) is 0 Å². The monoisotopic (exact) mass is 327 g/mol. The molecular weight excluding hydrogens is 301 g/mol. The first-order valence-electron chi connectivity index (χ1n) is 7.09. The molecule has 2 unspecified atom stereocenters. The third-order valence-corrected chi connectivity index (χ3v) is 3.90. The van der Waals surface area contributed by atoms with E-state index >= 15 is 0 Å². The van der Waals surface area contributed by atoms with Gasteiger partial charge >= 0.3 is 0 Å². The van der Waals surface area contributed by atoms with Crippen molar-refractivity contribution in [3.8, 4) is 0 Å². The van der Waals surface area contributed by atoms with Crippen molar-refractivity contribution >= 4 is 30.7 Å². The molecule has 1 amide bonds. The first-order valence-corrected chi connectivity index (χ1v) is 7.09. The number of morpholine rings is 1. The van der Waals surface area contributed by atoms with Crippen molar-refractivity contribution in [3.63, 3.8) is 0 Å². The highest BCUT2D eigenvalue weighted by molar-refractivity contribution is 5.85. The number of nitrogens with zero attached hydrogens (tertiary/aromatic N) is 1. The van der Waals surface area contributed by atoms with Crippen LogP contribution in [0.2, 0.25) is 0 Å². The topological polar surface area (TPSA) is 67.6 Å². The fourth-order valence-electron chi connectivity index (χ4n) is 2.74. The van der Waals surface area contributed by atoms with Crippen molar-refractivity contribution in [1.29, 1.82) is 0 Å². The van der Waals surface area contributed by atoms with Crippen LogP contribution in [0.1, 0.15) is 25.7 Å². The molecule has 0 radical (unpaired) electrons. The van der Waals surface area contributed by atoms with Crippen LogP contribution in [0.15, 0.2) is 0 Å². The van der Waals surface area contributed by atoms with Gasteiger partial charge in [-0.1, -0.05) is 0 Å². The maximum Gasteiger partial charge on any atom is 0.223 e. The van der Waals surface area contributed by atoms with Crippen LogP contribution in [0.4, 0.5) is 0 Å². The fraction of sp³-hybridized carbons (Fsp3) is 0.923. The molecule has 0 spiro atoms. The van der Waals surface area contributed by atoms with Gasteiger partial charge in [-0.3, -0.25) is 9.69 Å². The number of hydrogen-bond acceptors (Lipinski definition) is 4. The molecule has 2 aliphatic rings. The molecule has 1 saturated heterocycles. The third-order valence-electron chi connectivity index (χ3n) is 3.90. The standard InChI is InChI=1S/C13H25N3O2.2ClH/c14-12-3-2-11(10-12)13(17)15-4-1-5-16-6-8-18-9-7-16;;/h11-12H,1-10,14H2,(H,15,17);2*1H. The van der Waals surface area contributed by atoms with Gasteiger partial charge in [0.05, 0.1) is 13.2 Å². The molecule has 2 rings (SSSR count). The van der Waals surface area contributed by atoms with E-state index in [4.69, 9.17) is 10.5 Å². The number of amides is 1. The smallest absolute Gasteiger partial charge is 0.223 e. The van der Waals surface area contributed by atoms with Crippen LogP contribution in [0.3, 0.4) is 0 Å². The number of rotatable bonds is 5. The second-order valence-corrected chi connectivity index (χ2v) is 5.37. The molecule has 120 valence electrons. The van der Waals surface area contributed by atoms with E-state index in [1.165, 1.54) is 0 Å². The molecule has 1 aliphatic carbocycles. The minimum Gasteiger partial charge on any atom is -0.379 e. The zero-order valence-corrected chi connectivity index (χ0v) is 13.5. The second-order valence-electron chi connectivity index (χ2n) is 5.37. The molecule has 0 aromatic heterocycles. The van der Waals surface area contributed by atoms with Crippen molar-refractivity contribution in [2.24, 2.45) is 11.7 Å². The fourth-order valence-corrected chi connectivity index (χ4v) is 2.74. The summed E-state index contributed by atoms with van der Waals surface area (Å²) in [6.45, 7) is 5.55. The molecule has 1 heterocycles. The molecule has 0 aromatic rings. The van der Waals surface area contributed by atoms with E-state index < -0.39 is 0 Å². The summed E-state index contributed by atoms with van der Waals surface area (Å²) in [5, 5.41) is 3.03. The van der Waals surface area contributed by atoms with Gasteiger partial charge in [-0.25, -0.2) is 0 Å². The van der Waals surface area contributed by atoms with Gasteiger partial charge in [-0.15, -0.1) is 24.8 Å². The Hall–Kier alpha value is -0.0700. The number of carbonyl (C=O) groups excluding carboxylic acids is 1. The Bertz CT molecular complexity index is 276. The van der Waals surface area contributed by atoms with Crippen LogP contribution in [-0.2, 0) is 9.53 Å². The maximum atomic E-state index is 11.8. The zero-order valence-electron chi connectivity index (χ0n) is 11.9. The molecule has 5 nitrogen and oxygen atoms in total. The SMILES string of the molecule is Cl.Cl.NC1CCC(C(=O)NCCCN2CCOCC2)C1. The van der Waals surface area contributed by atoms with E-state index in [0.29, 0.717) is 0 Å². The molecule has 1 saturated carbocycles. The summed E-state index contributed by atoms with van der Waals surface area (Å²) in [5.41, 5.74) is 5.82. The van der Waals surface area contributed by atoms with E-state index in [2.05, 4.69) is 10.2 Å². The Balaban J connectivity index is 0.00000180. The van der Waals surface area contributed by atoms with Crippen LogP contribution in [-0.4, -0.2) is 56.2 Å². The van der Waals surface area contributed by atoms with Crippen LogP contribution >= 0.6 is 24.8 Å². The normalized spacial score (nSPS) is 26.4. The number of nitrogens with one attached hydrogen (secondary N) is 1. The molecule has 2 atom stereocenters. The molecule has 0 bridgehead atoms. The van der Waals surface area contributed by atoms with E-state index in [9.17, 15) is 4.79 Å². The Morgan fingerprint density at radius 3 is 2.55 bits per heavy atom. The Kier molecular flexibility index (Phi) is 10.6. The summed E-state index contributed by atoms with van der Waals surface area (Å²) in [4.78, 5) is 14.2. The summed E-state index contributed by atoms with van der Waals surface area (Å²) in [7, 11) is 0. The highest BCUT2D eigenvalue weighted by atomic mass is 35.5. The lowest BCUT2D eigenvalue weighted by atomic mass is 10.1. The minimum atomic E-state index is 0. The molecule has 0 aromatic carbocycles. The predicted molar refractivity (Wildman–Crippen MR) is 84.7 cm³/mol. The van der Waals surface area contributed by atoms with Crippen molar-refractivity contribution < 1.29 is 9.53 Å². The Morgan fingerprint density at radius 2 is 1.95 bits per heavy atom. The summed E-state index contributed by atoms with van der Waals surface area (Å²) in [6, 6.07) is 0.231. The summed E-state index contributed by atoms with van der Waals surface area (Å²) >= 11 is 0. The molecule has 1 aliphatic heterocycles. The average Bonchev–Trinajstić information content (AvgIpc) is 2.82. The average molecular weight is 328 g/mol. The van der Waals surface area contributed by atoms with Gasteiger partial charge in [0.25, 0.3) is 0 Å². The van der Waals surface area contributed by atoms with Gasteiger partial charge in [-0.05, 0) is 32.2 Å². The van der Waals surface area contributed by atoms with E-state index in [-0.39, 0.29) is 42.7 Å². The van der Waals surface area contributed by atoms with Gasteiger partial charge in [-0.2, -0.15) is 0 Å². The number of nitrogens with two attached hydrogens (primary N) is 1. The molecule has 2 fully saturated rings. The predicted octanol–water partition coefficient (Wildman–Crippen LogP) is 0.796. The second kappa shape index (κ2) is 10.6. The minimum absolute atomic E-state index is 0. The lowest BCUT2D eigenvalue weighted by Crippen LogP contribution is -2.38. The van der Waals surface area contributed by atoms with Gasteiger partial charge in [0.1, 0.15) is 0 Å². The van der Waals surface area contributed by atoms with Crippen LogP contribution in [0.25, 0.3) is 0 Å². The molecule has 7 heteroatoms. The lowest BCUT2D eigenvalue weighted by Gasteiger charge is -2.26. The Labute approximate surface area is 133 Å². The van der Waals surface area contributed by atoms with Crippen molar-refractivity contribution in [1.82, 2.24) is 10.2 Å². The highest BCUT2D eigenvalue weighted by Gasteiger charge is 2.27.